The molecule has 1 aromatic carbocycles. The summed E-state index contributed by atoms with van der Waals surface area (Å²) >= 11 is 4.22. The lowest BCUT2D eigenvalue weighted by Gasteiger charge is -2.25. The van der Waals surface area contributed by atoms with E-state index in [0.717, 1.165) is 5.56 Å². The van der Waals surface area contributed by atoms with Gasteiger partial charge >= 0.3 is 0 Å². The molecule has 0 spiro atoms. The van der Waals surface area contributed by atoms with Crippen molar-refractivity contribution in [1.29, 1.82) is 10.5 Å². The first kappa shape index (κ1) is 19.7. The Kier molecular flexibility index (Phi) is 7.40. The number of piperidine rings is 1. The first-order valence-corrected chi connectivity index (χ1v) is 8.91. The number of methoxy groups -OCH3 is 1. The summed E-state index contributed by atoms with van der Waals surface area (Å²) in [7, 11) is 1.57. The molecule has 6 nitrogen and oxygen atoms in total. The highest BCUT2D eigenvalue weighted by atomic mass is 32.1. The molecule has 1 unspecified atom stereocenters. The van der Waals surface area contributed by atoms with E-state index in [1.807, 2.05) is 0 Å². The van der Waals surface area contributed by atoms with Gasteiger partial charge in [-0.2, -0.15) is 10.5 Å². The molecule has 1 saturated heterocycles. The van der Waals surface area contributed by atoms with Crippen LogP contribution in [0.2, 0.25) is 0 Å². The van der Waals surface area contributed by atoms with E-state index >= 15 is 0 Å². The van der Waals surface area contributed by atoms with Gasteiger partial charge in [-0.15, -0.1) is 12.6 Å². The Hall–Kier alpha value is -2.61. The van der Waals surface area contributed by atoms with Gasteiger partial charge in [0.05, 0.1) is 41.3 Å². The number of thiol groups is 1. The number of allylic oxidation sites excluding steroid dienone is 2. The Balaban J connectivity index is 0.000000342. The monoisotopic (exact) mass is 369 g/mol. The fourth-order valence-corrected chi connectivity index (χ4v) is 3.17. The van der Waals surface area contributed by atoms with Gasteiger partial charge in [0.25, 0.3) is 0 Å². The highest BCUT2D eigenvalue weighted by Gasteiger charge is 2.30. The summed E-state index contributed by atoms with van der Waals surface area (Å²) in [4.78, 5) is 0. The van der Waals surface area contributed by atoms with Gasteiger partial charge in [-0.1, -0.05) is 18.6 Å². The minimum absolute atomic E-state index is 0.220. The highest BCUT2D eigenvalue weighted by Crippen LogP contribution is 2.37. The lowest BCUT2D eigenvalue weighted by molar-refractivity contribution is 0.414. The third-order valence-electron chi connectivity index (χ3n) is 4.27. The third kappa shape index (κ3) is 4.72. The molecule has 2 heterocycles. The number of nitrogens with two attached hydrogens (primary N) is 1. The van der Waals surface area contributed by atoms with E-state index in [0.29, 0.717) is 21.9 Å². The zero-order valence-corrected chi connectivity index (χ0v) is 15.6. The second kappa shape index (κ2) is 9.76. The van der Waals surface area contributed by atoms with E-state index < -0.39 is 5.92 Å². The molecule has 1 fully saturated rings. The van der Waals surface area contributed by atoms with Crippen LogP contribution in [-0.2, 0) is 0 Å². The van der Waals surface area contributed by atoms with E-state index in [4.69, 9.17) is 10.5 Å². The largest absolute Gasteiger partial charge is 0.497 e. The van der Waals surface area contributed by atoms with Crippen molar-refractivity contribution >= 4 is 12.6 Å². The van der Waals surface area contributed by atoms with Crippen LogP contribution in [0.15, 0.2) is 46.3 Å². The lowest BCUT2D eigenvalue weighted by Crippen LogP contribution is -2.28. The minimum Gasteiger partial charge on any atom is -0.497 e. The Bertz CT molecular complexity index is 719. The summed E-state index contributed by atoms with van der Waals surface area (Å²) in [6.07, 6.45) is 4.22. The molecule has 1 aromatic rings. The molecule has 0 aromatic heterocycles. The van der Waals surface area contributed by atoms with Gasteiger partial charge in [0.15, 0.2) is 0 Å². The molecule has 4 N–H and O–H groups in total. The van der Waals surface area contributed by atoms with E-state index in [-0.39, 0.29) is 5.82 Å². The second-order valence-electron chi connectivity index (χ2n) is 5.96. The summed E-state index contributed by atoms with van der Waals surface area (Å²) < 4.78 is 5.10. The van der Waals surface area contributed by atoms with Crippen LogP contribution in [0.3, 0.4) is 0 Å². The Morgan fingerprint density at radius 1 is 1.08 bits per heavy atom. The summed E-state index contributed by atoms with van der Waals surface area (Å²) in [5.74, 6) is 0.411. The molecule has 0 saturated carbocycles. The summed E-state index contributed by atoms with van der Waals surface area (Å²) in [5.41, 5.74) is 7.27. The SMILES string of the molecule is C1CCNCC1.COc1ccc(C2C(C#N)=C(N)NC(S)=C2C#N)cc1. The first-order chi connectivity index (χ1) is 12.6. The van der Waals surface area contributed by atoms with Crippen molar-refractivity contribution in [1.82, 2.24) is 10.6 Å². The Morgan fingerprint density at radius 2 is 1.69 bits per heavy atom. The molecule has 0 aliphatic carbocycles. The van der Waals surface area contributed by atoms with E-state index in [1.54, 1.807) is 31.4 Å². The van der Waals surface area contributed by atoms with Crippen LogP contribution in [0.1, 0.15) is 30.7 Å². The molecule has 2 aliphatic heterocycles. The van der Waals surface area contributed by atoms with Crippen LogP contribution in [0, 0.1) is 22.7 Å². The maximum absolute atomic E-state index is 9.30. The number of rotatable bonds is 2. The van der Waals surface area contributed by atoms with Crippen LogP contribution in [-0.4, -0.2) is 20.2 Å². The predicted molar refractivity (Wildman–Crippen MR) is 104 cm³/mol. The van der Waals surface area contributed by atoms with Crippen molar-refractivity contribution in [3.63, 3.8) is 0 Å². The second-order valence-corrected chi connectivity index (χ2v) is 6.40. The molecular weight excluding hydrogens is 346 g/mol. The number of hydrogen-bond acceptors (Lipinski definition) is 7. The van der Waals surface area contributed by atoms with Crippen molar-refractivity contribution in [3.8, 4) is 17.9 Å². The maximum atomic E-state index is 9.30. The number of benzene rings is 1. The minimum atomic E-state index is -0.510. The Morgan fingerprint density at radius 3 is 2.12 bits per heavy atom. The Labute approximate surface area is 159 Å². The predicted octanol–water partition coefficient (Wildman–Crippen LogP) is 2.50. The van der Waals surface area contributed by atoms with Gasteiger partial charge in [-0.05, 0) is 43.6 Å². The van der Waals surface area contributed by atoms with Gasteiger partial charge in [-0.25, -0.2) is 0 Å². The van der Waals surface area contributed by atoms with Gasteiger partial charge in [-0.3, -0.25) is 0 Å². The van der Waals surface area contributed by atoms with Crippen LogP contribution < -0.4 is 21.1 Å². The standard InChI is InChI=1S/C14H12N4OS.C5H11N/c1-19-9-4-2-8(3-5-9)12-10(6-15)13(17)18-14(20)11(12)7-16;1-2-4-6-5-3-1/h2-5,12,18,20H,17H2,1H3;6H,1-5H2. The molecule has 7 heteroatoms. The van der Waals surface area contributed by atoms with Crippen molar-refractivity contribution in [3.05, 3.63) is 51.8 Å². The number of ether oxygens (including phenoxy) is 1. The number of nitrogens with zero attached hydrogens (tertiary/aromatic N) is 2. The van der Waals surface area contributed by atoms with Gasteiger partial charge in [0.1, 0.15) is 11.6 Å². The van der Waals surface area contributed by atoms with Gasteiger partial charge < -0.3 is 21.1 Å². The highest BCUT2D eigenvalue weighted by molar-refractivity contribution is 7.84. The average Bonchev–Trinajstić information content (AvgIpc) is 2.69. The number of nitrogens with one attached hydrogen (secondary N) is 2. The van der Waals surface area contributed by atoms with Crippen molar-refractivity contribution < 1.29 is 4.74 Å². The smallest absolute Gasteiger partial charge is 0.118 e. The summed E-state index contributed by atoms with van der Waals surface area (Å²) in [6.45, 7) is 2.50. The molecule has 0 bridgehead atoms. The molecule has 136 valence electrons. The summed E-state index contributed by atoms with van der Waals surface area (Å²) in [5, 5.41) is 25.0. The first-order valence-electron chi connectivity index (χ1n) is 8.47. The van der Waals surface area contributed by atoms with Crippen LogP contribution in [0.4, 0.5) is 0 Å². The van der Waals surface area contributed by atoms with E-state index in [9.17, 15) is 10.5 Å². The normalized spacial score (nSPS) is 19.5. The van der Waals surface area contributed by atoms with Crippen LogP contribution >= 0.6 is 12.6 Å². The van der Waals surface area contributed by atoms with Crippen LogP contribution in [0.25, 0.3) is 0 Å². The van der Waals surface area contributed by atoms with Crippen molar-refractivity contribution in [2.45, 2.75) is 25.2 Å². The van der Waals surface area contributed by atoms with Gasteiger partial charge in [0.2, 0.25) is 0 Å². The molecule has 26 heavy (non-hydrogen) atoms. The number of dihydropyridines is 1. The molecular formula is C19H23N5OS. The van der Waals surface area contributed by atoms with Gasteiger partial charge in [0, 0.05) is 0 Å². The quantitative estimate of drug-likeness (QED) is 0.597. The molecule has 0 radical (unpaired) electrons. The fourth-order valence-electron chi connectivity index (χ4n) is 2.87. The molecule has 3 rings (SSSR count). The van der Waals surface area contributed by atoms with E-state index in [1.165, 1.54) is 32.4 Å². The number of nitriles is 2. The average molecular weight is 369 g/mol. The topological polar surface area (TPSA) is 107 Å². The maximum Gasteiger partial charge on any atom is 0.118 e. The zero-order chi connectivity index (χ0) is 18.9. The molecule has 1 atom stereocenters. The number of hydrogen-bond donors (Lipinski definition) is 4. The molecule has 0 amide bonds. The van der Waals surface area contributed by atoms with Crippen LogP contribution in [0.5, 0.6) is 5.75 Å². The lowest BCUT2D eigenvalue weighted by atomic mass is 9.84. The molecule has 2 aliphatic rings. The third-order valence-corrected chi connectivity index (χ3v) is 4.63. The fraction of sp³-hybridized carbons (Fsp3) is 0.368. The van der Waals surface area contributed by atoms with E-state index in [2.05, 4.69) is 35.4 Å². The summed E-state index contributed by atoms with van der Waals surface area (Å²) in [6, 6.07) is 11.3. The zero-order valence-electron chi connectivity index (χ0n) is 14.7. The van der Waals surface area contributed by atoms with Crippen molar-refractivity contribution in [2.75, 3.05) is 20.2 Å². The van der Waals surface area contributed by atoms with Crippen molar-refractivity contribution in [2.24, 2.45) is 5.73 Å².